The van der Waals surface area contributed by atoms with E-state index >= 15 is 0 Å². The lowest BCUT2D eigenvalue weighted by atomic mass is 10.1. The maximum absolute atomic E-state index is 12.2. The minimum atomic E-state index is -0.420. The van der Waals surface area contributed by atoms with Crippen molar-refractivity contribution in [1.29, 1.82) is 0 Å². The molecule has 0 aliphatic carbocycles. The van der Waals surface area contributed by atoms with Crippen LogP contribution in [0.3, 0.4) is 0 Å². The van der Waals surface area contributed by atoms with E-state index in [1.807, 2.05) is 38.1 Å². The molecule has 0 fully saturated rings. The highest BCUT2D eigenvalue weighted by Crippen LogP contribution is 2.19. The molecule has 3 N–H and O–H groups in total. The van der Waals surface area contributed by atoms with Crippen molar-refractivity contribution in [1.82, 2.24) is 25.2 Å². The van der Waals surface area contributed by atoms with Crippen LogP contribution in [0.4, 0.5) is 5.82 Å². The minimum absolute atomic E-state index is 0.0306. The van der Waals surface area contributed by atoms with E-state index in [0.29, 0.717) is 17.5 Å². The Morgan fingerprint density at radius 2 is 2.16 bits per heavy atom. The molecule has 130 valence electrons. The maximum Gasteiger partial charge on any atom is 0.249 e. The van der Waals surface area contributed by atoms with Crippen LogP contribution in [0, 0.1) is 13.8 Å². The molecular weight excluding hydrogens is 320 g/mol. The number of hydrogen-bond acceptors (Lipinski definition) is 6. The van der Waals surface area contributed by atoms with Gasteiger partial charge in [-0.15, -0.1) is 0 Å². The van der Waals surface area contributed by atoms with Crippen LogP contribution >= 0.6 is 0 Å². The molecule has 8 nitrogen and oxygen atoms in total. The Bertz CT molecular complexity index is 898. The number of benzene rings is 1. The number of amides is 1. The highest BCUT2D eigenvalue weighted by molar-refractivity contribution is 5.76. The average Bonchev–Trinajstić information content (AvgIpc) is 3.14. The van der Waals surface area contributed by atoms with E-state index in [0.717, 1.165) is 16.8 Å². The van der Waals surface area contributed by atoms with Gasteiger partial charge in [-0.3, -0.25) is 4.79 Å². The number of aryl methyl sites for hydroxylation is 2. The van der Waals surface area contributed by atoms with Crippen LogP contribution in [0.5, 0.6) is 0 Å². The molecule has 3 rings (SSSR count). The van der Waals surface area contributed by atoms with Gasteiger partial charge in [-0.2, -0.15) is 10.1 Å². The Morgan fingerprint density at radius 3 is 2.84 bits per heavy atom. The zero-order valence-corrected chi connectivity index (χ0v) is 14.4. The Kier molecular flexibility index (Phi) is 4.51. The zero-order valence-electron chi connectivity index (χ0n) is 14.4. The molecule has 2 heterocycles. The number of hydrogen-bond donors (Lipinski definition) is 2. The van der Waals surface area contributed by atoms with Gasteiger partial charge in [0.15, 0.2) is 0 Å². The molecule has 25 heavy (non-hydrogen) atoms. The molecule has 0 spiro atoms. The molecule has 0 aliphatic rings. The largest absolute Gasteiger partial charge is 0.384 e. The van der Waals surface area contributed by atoms with E-state index in [4.69, 9.17) is 10.3 Å². The monoisotopic (exact) mass is 340 g/mol. The predicted octanol–water partition coefficient (Wildman–Crippen LogP) is 2.01. The maximum atomic E-state index is 12.2. The highest BCUT2D eigenvalue weighted by atomic mass is 16.5. The molecule has 1 atom stereocenters. The number of anilines is 1. The Balaban J connectivity index is 1.66. The fourth-order valence-corrected chi connectivity index (χ4v) is 2.49. The SMILES string of the molecule is Cc1cccc(-c2noc(C(C)NC(=O)Cn3nc(C)cc3N)n2)c1. The quantitative estimate of drug-likeness (QED) is 0.735. The van der Waals surface area contributed by atoms with E-state index in [-0.39, 0.29) is 12.5 Å². The van der Waals surface area contributed by atoms with E-state index < -0.39 is 6.04 Å². The predicted molar refractivity (Wildman–Crippen MR) is 92.4 cm³/mol. The third-order valence-electron chi connectivity index (χ3n) is 3.69. The van der Waals surface area contributed by atoms with Crippen LogP contribution in [0.1, 0.15) is 30.1 Å². The molecule has 2 aromatic heterocycles. The number of rotatable bonds is 5. The van der Waals surface area contributed by atoms with Gasteiger partial charge in [-0.25, -0.2) is 4.68 Å². The first-order valence-corrected chi connectivity index (χ1v) is 7.92. The van der Waals surface area contributed by atoms with E-state index in [2.05, 4.69) is 20.6 Å². The molecule has 0 radical (unpaired) electrons. The molecular formula is C17H20N6O2. The first kappa shape index (κ1) is 16.7. The lowest BCUT2D eigenvalue weighted by Gasteiger charge is -2.10. The van der Waals surface area contributed by atoms with Crippen LogP contribution in [0.2, 0.25) is 0 Å². The Labute approximate surface area is 145 Å². The van der Waals surface area contributed by atoms with Crippen LogP contribution in [0.25, 0.3) is 11.4 Å². The van der Waals surface area contributed by atoms with Crippen molar-refractivity contribution < 1.29 is 9.32 Å². The third-order valence-corrected chi connectivity index (χ3v) is 3.69. The van der Waals surface area contributed by atoms with Crippen molar-refractivity contribution in [3.8, 4) is 11.4 Å². The van der Waals surface area contributed by atoms with Crippen LogP contribution < -0.4 is 11.1 Å². The normalized spacial score (nSPS) is 12.1. The molecule has 0 aliphatic heterocycles. The molecule has 1 amide bonds. The molecule has 0 bridgehead atoms. The summed E-state index contributed by atoms with van der Waals surface area (Å²) in [5, 5.41) is 10.9. The average molecular weight is 340 g/mol. The van der Waals surface area contributed by atoms with Gasteiger partial charge in [0.2, 0.25) is 17.6 Å². The summed E-state index contributed by atoms with van der Waals surface area (Å²) in [6, 6.07) is 9.10. The van der Waals surface area contributed by atoms with Crippen LogP contribution in [0.15, 0.2) is 34.9 Å². The molecule has 0 saturated carbocycles. The second-order valence-corrected chi connectivity index (χ2v) is 5.98. The van der Waals surface area contributed by atoms with Gasteiger partial charge in [-0.1, -0.05) is 28.9 Å². The number of nitrogens with two attached hydrogens (primary N) is 1. The summed E-state index contributed by atoms with van der Waals surface area (Å²) >= 11 is 0. The van der Waals surface area contributed by atoms with E-state index in [1.54, 1.807) is 13.0 Å². The standard InChI is InChI=1S/C17H20N6O2/c1-10-5-4-6-13(7-10)16-20-17(25-22-16)12(3)19-15(24)9-23-14(18)8-11(2)21-23/h4-8,12H,9,18H2,1-3H3,(H,19,24). The van der Waals surface area contributed by atoms with Crippen molar-refractivity contribution in [2.24, 2.45) is 0 Å². The summed E-state index contributed by atoms with van der Waals surface area (Å²) in [5.74, 6) is 1.04. The fourth-order valence-electron chi connectivity index (χ4n) is 2.49. The summed E-state index contributed by atoms with van der Waals surface area (Å²) in [4.78, 5) is 16.5. The van der Waals surface area contributed by atoms with Gasteiger partial charge in [0.1, 0.15) is 18.4 Å². The first-order valence-electron chi connectivity index (χ1n) is 7.92. The Morgan fingerprint density at radius 1 is 1.36 bits per heavy atom. The van der Waals surface area contributed by atoms with Crippen molar-refractivity contribution in [2.45, 2.75) is 33.4 Å². The van der Waals surface area contributed by atoms with Gasteiger partial charge in [0.25, 0.3) is 0 Å². The zero-order chi connectivity index (χ0) is 18.0. The van der Waals surface area contributed by atoms with E-state index in [1.165, 1.54) is 4.68 Å². The second-order valence-electron chi connectivity index (χ2n) is 5.98. The lowest BCUT2D eigenvalue weighted by Crippen LogP contribution is -2.31. The number of carbonyl (C=O) groups is 1. The summed E-state index contributed by atoms with van der Waals surface area (Å²) in [6.45, 7) is 5.63. The smallest absolute Gasteiger partial charge is 0.249 e. The Hall–Kier alpha value is -3.16. The molecule has 3 aromatic rings. The lowest BCUT2D eigenvalue weighted by molar-refractivity contribution is -0.122. The minimum Gasteiger partial charge on any atom is -0.384 e. The van der Waals surface area contributed by atoms with Crippen molar-refractivity contribution in [2.75, 3.05) is 5.73 Å². The molecule has 1 unspecified atom stereocenters. The second kappa shape index (κ2) is 6.76. The molecule has 1 aromatic carbocycles. The van der Waals surface area contributed by atoms with Crippen LogP contribution in [-0.4, -0.2) is 25.8 Å². The van der Waals surface area contributed by atoms with E-state index in [9.17, 15) is 4.79 Å². The first-order chi connectivity index (χ1) is 11.9. The van der Waals surface area contributed by atoms with Crippen molar-refractivity contribution >= 4 is 11.7 Å². The number of carbonyl (C=O) groups excluding carboxylic acids is 1. The number of nitrogens with zero attached hydrogens (tertiary/aromatic N) is 4. The van der Waals surface area contributed by atoms with Gasteiger partial charge >= 0.3 is 0 Å². The van der Waals surface area contributed by atoms with Gasteiger partial charge in [0, 0.05) is 11.6 Å². The van der Waals surface area contributed by atoms with Gasteiger partial charge < -0.3 is 15.6 Å². The summed E-state index contributed by atoms with van der Waals surface area (Å²) in [6.07, 6.45) is 0. The molecule has 0 saturated heterocycles. The summed E-state index contributed by atoms with van der Waals surface area (Å²) in [5.41, 5.74) is 8.53. The topological polar surface area (TPSA) is 112 Å². The number of aromatic nitrogens is 4. The van der Waals surface area contributed by atoms with Crippen molar-refractivity contribution in [3.05, 3.63) is 47.5 Å². The van der Waals surface area contributed by atoms with Gasteiger partial charge in [-0.05, 0) is 26.8 Å². The summed E-state index contributed by atoms with van der Waals surface area (Å²) in [7, 11) is 0. The number of nitrogen functional groups attached to an aromatic ring is 1. The van der Waals surface area contributed by atoms with Crippen LogP contribution in [-0.2, 0) is 11.3 Å². The highest BCUT2D eigenvalue weighted by Gasteiger charge is 2.18. The molecule has 8 heteroatoms. The van der Waals surface area contributed by atoms with Crippen molar-refractivity contribution in [3.63, 3.8) is 0 Å². The fraction of sp³-hybridized carbons (Fsp3) is 0.294. The van der Waals surface area contributed by atoms with Gasteiger partial charge in [0.05, 0.1) is 5.69 Å². The third kappa shape index (κ3) is 3.85. The number of nitrogens with one attached hydrogen (secondary N) is 1. The summed E-state index contributed by atoms with van der Waals surface area (Å²) < 4.78 is 6.72.